The number of hydrogen-bond donors (Lipinski definition) is 0. The molecule has 1 fully saturated rings. The van der Waals surface area contributed by atoms with Gasteiger partial charge in [0, 0.05) is 6.54 Å². The van der Waals surface area contributed by atoms with Crippen LogP contribution in [0.3, 0.4) is 0 Å². The molecule has 22 heavy (non-hydrogen) atoms. The third-order valence-electron chi connectivity index (χ3n) is 3.27. The van der Waals surface area contributed by atoms with Crippen molar-refractivity contribution in [3.63, 3.8) is 0 Å². The maximum absolute atomic E-state index is 12.2. The van der Waals surface area contributed by atoms with Gasteiger partial charge < -0.3 is 18.9 Å². The minimum Gasteiger partial charge on any atom is -0.482 e. The van der Waals surface area contributed by atoms with Gasteiger partial charge in [-0.25, -0.2) is 0 Å². The minimum absolute atomic E-state index is 0.0807. The molecule has 1 aromatic heterocycles. The molecule has 3 rings (SSSR count). The Hall–Kier alpha value is -2.12. The summed E-state index contributed by atoms with van der Waals surface area (Å²) in [5.41, 5.74) is 0. The smallest absolute Gasteiger partial charge is 0.260 e. The Bertz CT molecular complexity index is 635. The van der Waals surface area contributed by atoms with Crippen LogP contribution in [-0.2, 0) is 9.53 Å². The summed E-state index contributed by atoms with van der Waals surface area (Å²) in [6, 6.07) is 7.03. The van der Waals surface area contributed by atoms with Gasteiger partial charge in [-0.3, -0.25) is 4.79 Å². The highest BCUT2D eigenvalue weighted by atomic mass is 35.5. The van der Waals surface area contributed by atoms with E-state index in [2.05, 4.69) is 10.1 Å². The molecule has 0 bridgehead atoms. The number of morpholine rings is 1. The van der Waals surface area contributed by atoms with Gasteiger partial charge >= 0.3 is 0 Å². The van der Waals surface area contributed by atoms with E-state index in [0.717, 1.165) is 0 Å². The van der Waals surface area contributed by atoms with Gasteiger partial charge in [0.15, 0.2) is 6.61 Å². The van der Waals surface area contributed by atoms with Crippen LogP contribution in [0.4, 0.5) is 0 Å². The van der Waals surface area contributed by atoms with Gasteiger partial charge in [-0.1, -0.05) is 28.9 Å². The molecule has 2 aromatic rings. The van der Waals surface area contributed by atoms with E-state index in [-0.39, 0.29) is 18.6 Å². The first-order chi connectivity index (χ1) is 10.7. The highest BCUT2D eigenvalue weighted by Gasteiger charge is 2.28. The van der Waals surface area contributed by atoms with E-state index in [1.807, 2.05) is 0 Å². The number of carbonyl (C=O) groups is 1. The maximum Gasteiger partial charge on any atom is 0.260 e. The first kappa shape index (κ1) is 14.8. The SMILES string of the molecule is O=C(COc1ccccc1Cl)N1CCO[C@@H](c2ncon2)C1. The molecule has 0 N–H and O–H groups in total. The third-order valence-corrected chi connectivity index (χ3v) is 3.59. The van der Waals surface area contributed by atoms with Crippen molar-refractivity contribution in [3.8, 4) is 5.75 Å². The molecule has 116 valence electrons. The monoisotopic (exact) mass is 323 g/mol. The highest BCUT2D eigenvalue weighted by Crippen LogP contribution is 2.23. The van der Waals surface area contributed by atoms with Crippen LogP contribution in [0.15, 0.2) is 35.2 Å². The predicted molar refractivity (Wildman–Crippen MR) is 76.5 cm³/mol. The molecule has 1 aromatic carbocycles. The van der Waals surface area contributed by atoms with Gasteiger partial charge in [0.05, 0.1) is 18.2 Å². The van der Waals surface area contributed by atoms with E-state index in [1.165, 1.54) is 6.39 Å². The lowest BCUT2D eigenvalue weighted by molar-refractivity contribution is -0.141. The average Bonchev–Trinajstić information content (AvgIpc) is 3.08. The zero-order chi connectivity index (χ0) is 15.4. The summed E-state index contributed by atoms with van der Waals surface area (Å²) in [6.45, 7) is 1.20. The molecular weight excluding hydrogens is 310 g/mol. The van der Waals surface area contributed by atoms with Crippen molar-refractivity contribution in [3.05, 3.63) is 41.5 Å². The molecule has 0 unspecified atom stereocenters. The van der Waals surface area contributed by atoms with Gasteiger partial charge in [-0.15, -0.1) is 0 Å². The molecule has 8 heteroatoms. The summed E-state index contributed by atoms with van der Waals surface area (Å²) in [5.74, 6) is 0.779. The zero-order valence-electron chi connectivity index (χ0n) is 11.6. The van der Waals surface area contributed by atoms with Crippen molar-refractivity contribution in [2.75, 3.05) is 26.3 Å². The number of ether oxygens (including phenoxy) is 2. The molecule has 1 amide bonds. The second-order valence-corrected chi connectivity index (χ2v) is 5.11. The summed E-state index contributed by atoms with van der Waals surface area (Å²) in [4.78, 5) is 17.8. The number of aromatic nitrogens is 2. The number of amides is 1. The molecule has 1 aliphatic rings. The molecule has 1 aliphatic heterocycles. The fourth-order valence-electron chi connectivity index (χ4n) is 2.15. The Morgan fingerprint density at radius 2 is 2.32 bits per heavy atom. The normalized spacial score (nSPS) is 18.2. The number of hydrogen-bond acceptors (Lipinski definition) is 6. The molecule has 1 saturated heterocycles. The number of nitrogens with zero attached hydrogens (tertiary/aromatic N) is 3. The summed E-state index contributed by atoms with van der Waals surface area (Å²) in [5, 5.41) is 4.22. The number of para-hydroxylation sites is 1. The third kappa shape index (κ3) is 3.37. The highest BCUT2D eigenvalue weighted by molar-refractivity contribution is 6.32. The van der Waals surface area contributed by atoms with E-state index >= 15 is 0 Å². The molecule has 1 atom stereocenters. The van der Waals surface area contributed by atoms with Crippen molar-refractivity contribution in [2.45, 2.75) is 6.10 Å². The van der Waals surface area contributed by atoms with Crippen LogP contribution >= 0.6 is 11.6 Å². The van der Waals surface area contributed by atoms with Crippen LogP contribution in [0.25, 0.3) is 0 Å². The number of rotatable bonds is 4. The Morgan fingerprint density at radius 3 is 3.09 bits per heavy atom. The van der Waals surface area contributed by atoms with E-state index in [4.69, 9.17) is 25.6 Å². The van der Waals surface area contributed by atoms with Crippen molar-refractivity contribution in [1.82, 2.24) is 15.0 Å². The Kier molecular flexibility index (Phi) is 4.55. The van der Waals surface area contributed by atoms with E-state index in [9.17, 15) is 4.79 Å². The minimum atomic E-state index is -0.378. The Morgan fingerprint density at radius 1 is 1.45 bits per heavy atom. The first-order valence-electron chi connectivity index (χ1n) is 6.77. The van der Waals surface area contributed by atoms with Crippen LogP contribution in [-0.4, -0.2) is 47.3 Å². The lowest BCUT2D eigenvalue weighted by Crippen LogP contribution is -2.44. The summed E-state index contributed by atoms with van der Waals surface area (Å²) in [7, 11) is 0. The van der Waals surface area contributed by atoms with Crippen LogP contribution in [0, 0.1) is 0 Å². The van der Waals surface area contributed by atoms with E-state index < -0.39 is 0 Å². The second kappa shape index (κ2) is 6.76. The number of carbonyl (C=O) groups excluding carboxylic acids is 1. The van der Waals surface area contributed by atoms with Crippen molar-refractivity contribution >= 4 is 17.5 Å². The van der Waals surface area contributed by atoms with Gasteiger partial charge in [0.2, 0.25) is 12.2 Å². The summed E-state index contributed by atoms with van der Waals surface area (Å²) >= 11 is 5.99. The quantitative estimate of drug-likeness (QED) is 0.852. The Balaban J connectivity index is 1.57. The fourth-order valence-corrected chi connectivity index (χ4v) is 2.34. The van der Waals surface area contributed by atoms with Crippen molar-refractivity contribution in [1.29, 1.82) is 0 Å². The number of benzene rings is 1. The molecule has 2 heterocycles. The first-order valence-corrected chi connectivity index (χ1v) is 7.15. The van der Waals surface area contributed by atoms with E-state index in [0.29, 0.717) is 36.3 Å². The molecule has 0 saturated carbocycles. The van der Waals surface area contributed by atoms with Crippen LogP contribution in [0.2, 0.25) is 5.02 Å². The zero-order valence-corrected chi connectivity index (χ0v) is 12.4. The van der Waals surface area contributed by atoms with Crippen LogP contribution in [0.1, 0.15) is 11.9 Å². The summed E-state index contributed by atoms with van der Waals surface area (Å²) < 4.78 is 15.7. The van der Waals surface area contributed by atoms with Crippen molar-refractivity contribution < 1.29 is 18.8 Å². The predicted octanol–water partition coefficient (Wildman–Crippen LogP) is 1.70. The maximum atomic E-state index is 12.2. The van der Waals surface area contributed by atoms with Crippen LogP contribution in [0.5, 0.6) is 5.75 Å². The number of halogens is 1. The van der Waals surface area contributed by atoms with Crippen LogP contribution < -0.4 is 4.74 Å². The van der Waals surface area contributed by atoms with E-state index in [1.54, 1.807) is 29.2 Å². The fraction of sp³-hybridized carbons (Fsp3) is 0.357. The Labute approximate surface area is 131 Å². The topological polar surface area (TPSA) is 77.7 Å². The molecule has 0 spiro atoms. The van der Waals surface area contributed by atoms with Gasteiger partial charge in [-0.2, -0.15) is 4.98 Å². The van der Waals surface area contributed by atoms with Gasteiger partial charge in [0.25, 0.3) is 5.91 Å². The lowest BCUT2D eigenvalue weighted by atomic mass is 10.2. The second-order valence-electron chi connectivity index (χ2n) is 4.71. The van der Waals surface area contributed by atoms with Gasteiger partial charge in [-0.05, 0) is 12.1 Å². The van der Waals surface area contributed by atoms with Crippen molar-refractivity contribution in [2.24, 2.45) is 0 Å². The lowest BCUT2D eigenvalue weighted by Gasteiger charge is -2.31. The van der Waals surface area contributed by atoms with Gasteiger partial charge in [0.1, 0.15) is 11.9 Å². The molecule has 0 radical (unpaired) electrons. The standard InChI is InChI=1S/C14H14ClN3O4/c15-10-3-1-2-4-11(10)21-8-13(19)18-5-6-20-12(7-18)14-16-9-22-17-14/h1-4,9,12H,5-8H2/t12-/m1/s1. The average molecular weight is 324 g/mol. The molecule has 7 nitrogen and oxygen atoms in total. The largest absolute Gasteiger partial charge is 0.482 e. The molecular formula is C14H14ClN3O4. The summed E-state index contributed by atoms with van der Waals surface area (Å²) in [6.07, 6.45) is 0.858. The molecule has 0 aliphatic carbocycles.